The zero-order valence-corrected chi connectivity index (χ0v) is 12.4. The Bertz CT molecular complexity index is 618. The van der Waals surface area contributed by atoms with Crippen molar-refractivity contribution in [2.75, 3.05) is 36.9 Å². The molecule has 1 fully saturated rings. The summed E-state index contributed by atoms with van der Waals surface area (Å²) in [6, 6.07) is 4.18. The highest BCUT2D eigenvalue weighted by atomic mass is 16.5. The van der Waals surface area contributed by atoms with Crippen molar-refractivity contribution in [2.24, 2.45) is 0 Å². The van der Waals surface area contributed by atoms with E-state index in [4.69, 9.17) is 10.5 Å². The summed E-state index contributed by atoms with van der Waals surface area (Å²) in [5.74, 6) is 1.13. The van der Waals surface area contributed by atoms with Crippen LogP contribution in [0.15, 0.2) is 18.3 Å². The first-order chi connectivity index (χ1) is 10.1. The summed E-state index contributed by atoms with van der Waals surface area (Å²) < 4.78 is 7.31. The standard InChI is InChI=1S/C14H20N6O/c1-10(2)20-12(3-4-16-20)11-9-13(18-14(15)17-11)19-5-7-21-8-6-19/h3-4,9-10H,5-8H2,1-2H3,(H2,15,17,18). The highest BCUT2D eigenvalue weighted by molar-refractivity contribution is 5.61. The van der Waals surface area contributed by atoms with Crippen LogP contribution in [0.1, 0.15) is 19.9 Å². The Morgan fingerprint density at radius 3 is 2.71 bits per heavy atom. The second kappa shape index (κ2) is 5.69. The molecule has 0 amide bonds. The number of hydrogen-bond acceptors (Lipinski definition) is 6. The molecule has 3 heterocycles. The van der Waals surface area contributed by atoms with Crippen LogP contribution < -0.4 is 10.6 Å². The zero-order chi connectivity index (χ0) is 14.8. The molecule has 0 spiro atoms. The number of aromatic nitrogens is 4. The maximum absolute atomic E-state index is 5.89. The van der Waals surface area contributed by atoms with Crippen LogP contribution in [0.25, 0.3) is 11.4 Å². The molecule has 0 unspecified atom stereocenters. The van der Waals surface area contributed by atoms with Gasteiger partial charge >= 0.3 is 0 Å². The average Bonchev–Trinajstić information content (AvgIpc) is 2.97. The molecule has 21 heavy (non-hydrogen) atoms. The van der Waals surface area contributed by atoms with E-state index in [0.29, 0.717) is 13.2 Å². The van der Waals surface area contributed by atoms with E-state index in [0.717, 1.165) is 30.3 Å². The maximum Gasteiger partial charge on any atom is 0.222 e. The van der Waals surface area contributed by atoms with Crippen molar-refractivity contribution in [1.29, 1.82) is 0 Å². The lowest BCUT2D eigenvalue weighted by atomic mass is 10.2. The Balaban J connectivity index is 1.99. The molecule has 2 N–H and O–H groups in total. The molecule has 7 heteroatoms. The summed E-state index contributed by atoms with van der Waals surface area (Å²) in [7, 11) is 0. The Kier molecular flexibility index (Phi) is 3.74. The van der Waals surface area contributed by atoms with Crippen molar-refractivity contribution >= 4 is 11.8 Å². The summed E-state index contributed by atoms with van der Waals surface area (Å²) in [5, 5.41) is 4.35. The molecule has 0 bridgehead atoms. The first-order valence-corrected chi connectivity index (χ1v) is 7.16. The number of ether oxygens (including phenoxy) is 1. The van der Waals surface area contributed by atoms with Crippen molar-refractivity contribution in [3.05, 3.63) is 18.3 Å². The molecule has 1 saturated heterocycles. The predicted octanol–water partition coefficient (Wildman–Crippen LogP) is 1.34. The number of rotatable bonds is 3. The summed E-state index contributed by atoms with van der Waals surface area (Å²) >= 11 is 0. The van der Waals surface area contributed by atoms with Crippen LogP contribution in [0.3, 0.4) is 0 Å². The number of hydrogen-bond donors (Lipinski definition) is 1. The van der Waals surface area contributed by atoms with E-state index in [1.165, 1.54) is 0 Å². The number of morpholine rings is 1. The molecule has 3 rings (SSSR count). The Morgan fingerprint density at radius 2 is 2.00 bits per heavy atom. The minimum Gasteiger partial charge on any atom is -0.378 e. The highest BCUT2D eigenvalue weighted by Gasteiger charge is 2.17. The van der Waals surface area contributed by atoms with Crippen molar-refractivity contribution in [3.8, 4) is 11.4 Å². The van der Waals surface area contributed by atoms with Gasteiger partial charge in [-0.2, -0.15) is 10.1 Å². The van der Waals surface area contributed by atoms with Gasteiger partial charge in [0.05, 0.1) is 24.6 Å². The molecule has 0 aromatic carbocycles. The van der Waals surface area contributed by atoms with E-state index < -0.39 is 0 Å². The second-order valence-electron chi connectivity index (χ2n) is 5.32. The van der Waals surface area contributed by atoms with E-state index in [1.54, 1.807) is 6.20 Å². The van der Waals surface area contributed by atoms with Gasteiger partial charge in [0.1, 0.15) is 5.82 Å². The Labute approximate surface area is 123 Å². The minimum atomic E-state index is 0.262. The third-order valence-corrected chi connectivity index (χ3v) is 3.49. The van der Waals surface area contributed by atoms with Crippen LogP contribution >= 0.6 is 0 Å². The van der Waals surface area contributed by atoms with Crippen molar-refractivity contribution in [1.82, 2.24) is 19.7 Å². The van der Waals surface area contributed by atoms with Gasteiger partial charge in [0.2, 0.25) is 5.95 Å². The monoisotopic (exact) mass is 288 g/mol. The second-order valence-corrected chi connectivity index (χ2v) is 5.32. The summed E-state index contributed by atoms with van der Waals surface area (Å²) in [5.41, 5.74) is 7.64. The SMILES string of the molecule is CC(C)n1nccc1-c1cc(N2CCOCC2)nc(N)n1. The molecule has 0 aliphatic carbocycles. The fourth-order valence-electron chi connectivity index (χ4n) is 2.47. The van der Waals surface area contributed by atoms with Crippen LogP contribution in [0, 0.1) is 0 Å². The molecular formula is C14H20N6O. The van der Waals surface area contributed by atoms with Gasteiger partial charge in [0, 0.05) is 31.4 Å². The molecule has 0 atom stereocenters. The lowest BCUT2D eigenvalue weighted by molar-refractivity contribution is 0.122. The van der Waals surface area contributed by atoms with Crippen LogP contribution in [-0.2, 0) is 4.74 Å². The molecular weight excluding hydrogens is 268 g/mol. The summed E-state index contributed by atoms with van der Waals surface area (Å²) in [4.78, 5) is 10.9. The first kappa shape index (κ1) is 13.8. The minimum absolute atomic E-state index is 0.262. The molecule has 1 aliphatic rings. The fourth-order valence-corrected chi connectivity index (χ4v) is 2.47. The van der Waals surface area contributed by atoms with Gasteiger partial charge in [-0.1, -0.05) is 0 Å². The van der Waals surface area contributed by atoms with Crippen LogP contribution in [0.2, 0.25) is 0 Å². The zero-order valence-electron chi connectivity index (χ0n) is 12.4. The third-order valence-electron chi connectivity index (χ3n) is 3.49. The van der Waals surface area contributed by atoms with E-state index >= 15 is 0 Å². The molecule has 2 aromatic heterocycles. The number of anilines is 2. The largest absolute Gasteiger partial charge is 0.378 e. The molecule has 0 radical (unpaired) electrons. The van der Waals surface area contributed by atoms with E-state index in [-0.39, 0.29) is 12.0 Å². The number of nitrogen functional groups attached to an aromatic ring is 1. The van der Waals surface area contributed by atoms with Crippen molar-refractivity contribution < 1.29 is 4.74 Å². The topological polar surface area (TPSA) is 82.1 Å². The Morgan fingerprint density at radius 1 is 1.24 bits per heavy atom. The van der Waals surface area contributed by atoms with Gasteiger partial charge in [-0.15, -0.1) is 0 Å². The van der Waals surface area contributed by atoms with E-state index in [1.807, 2.05) is 16.8 Å². The van der Waals surface area contributed by atoms with Gasteiger partial charge in [-0.3, -0.25) is 4.68 Å². The molecule has 1 aliphatic heterocycles. The molecule has 2 aromatic rings. The predicted molar refractivity (Wildman–Crippen MR) is 81.1 cm³/mol. The maximum atomic E-state index is 5.89. The molecule has 7 nitrogen and oxygen atoms in total. The van der Waals surface area contributed by atoms with Gasteiger partial charge in [-0.25, -0.2) is 4.98 Å². The summed E-state index contributed by atoms with van der Waals surface area (Å²) in [6.07, 6.45) is 1.78. The summed E-state index contributed by atoms with van der Waals surface area (Å²) in [6.45, 7) is 7.23. The normalized spacial score (nSPS) is 15.7. The fraction of sp³-hybridized carbons (Fsp3) is 0.500. The smallest absolute Gasteiger partial charge is 0.222 e. The lowest BCUT2D eigenvalue weighted by Crippen LogP contribution is -2.37. The van der Waals surface area contributed by atoms with Crippen LogP contribution in [0.4, 0.5) is 11.8 Å². The lowest BCUT2D eigenvalue weighted by Gasteiger charge is -2.28. The Hall–Kier alpha value is -2.15. The van der Waals surface area contributed by atoms with Gasteiger partial charge in [0.15, 0.2) is 0 Å². The van der Waals surface area contributed by atoms with Gasteiger partial charge < -0.3 is 15.4 Å². The van der Waals surface area contributed by atoms with Gasteiger partial charge in [-0.05, 0) is 19.9 Å². The van der Waals surface area contributed by atoms with Crippen LogP contribution in [-0.4, -0.2) is 46.1 Å². The van der Waals surface area contributed by atoms with Crippen LogP contribution in [0.5, 0.6) is 0 Å². The van der Waals surface area contributed by atoms with Gasteiger partial charge in [0.25, 0.3) is 0 Å². The van der Waals surface area contributed by atoms with Crippen molar-refractivity contribution in [2.45, 2.75) is 19.9 Å². The quantitative estimate of drug-likeness (QED) is 0.917. The molecule has 0 saturated carbocycles. The van der Waals surface area contributed by atoms with E-state index in [2.05, 4.69) is 33.8 Å². The first-order valence-electron chi connectivity index (χ1n) is 7.16. The number of nitrogens with zero attached hydrogens (tertiary/aromatic N) is 5. The van der Waals surface area contributed by atoms with E-state index in [9.17, 15) is 0 Å². The van der Waals surface area contributed by atoms with Crippen molar-refractivity contribution in [3.63, 3.8) is 0 Å². The number of nitrogens with two attached hydrogens (primary N) is 1. The highest BCUT2D eigenvalue weighted by Crippen LogP contribution is 2.24. The third kappa shape index (κ3) is 2.82. The average molecular weight is 288 g/mol. The molecule has 112 valence electrons.